The molecule has 38 heavy (non-hydrogen) atoms. The van der Waals surface area contributed by atoms with Crippen LogP contribution >= 0.6 is 11.6 Å². The molecule has 190 valence electrons. The summed E-state index contributed by atoms with van der Waals surface area (Å²) in [5.74, 6) is 0.802. The van der Waals surface area contributed by atoms with E-state index in [4.69, 9.17) is 21.1 Å². The number of nitrogens with zero attached hydrogens (tertiary/aromatic N) is 2. The molecule has 7 nitrogen and oxygen atoms in total. The molecule has 0 aliphatic carbocycles. The minimum Gasteiger partial charge on any atom is -0.493 e. The quantitative estimate of drug-likeness (QED) is 0.164. The number of carbonyl (C=O) groups excluding carboxylic acids is 1. The lowest BCUT2D eigenvalue weighted by Gasteiger charge is -2.14. The minimum atomic E-state index is -0.324. The Hall–Kier alpha value is -4.62. The van der Waals surface area contributed by atoms with Crippen molar-refractivity contribution in [3.05, 3.63) is 117 Å². The maximum absolute atomic E-state index is 12.9. The van der Waals surface area contributed by atoms with E-state index in [0.717, 1.165) is 11.1 Å². The van der Waals surface area contributed by atoms with Gasteiger partial charge in [-0.05, 0) is 65.7 Å². The summed E-state index contributed by atoms with van der Waals surface area (Å²) in [6.07, 6.45) is 1.53. The van der Waals surface area contributed by atoms with Crippen molar-refractivity contribution in [2.24, 2.45) is 5.10 Å². The Morgan fingerprint density at radius 2 is 1.58 bits per heavy atom. The van der Waals surface area contributed by atoms with Gasteiger partial charge in [0, 0.05) is 15.8 Å². The summed E-state index contributed by atoms with van der Waals surface area (Å²) in [5, 5.41) is 5.91. The molecule has 0 atom stereocenters. The van der Waals surface area contributed by atoms with E-state index in [0.29, 0.717) is 44.9 Å². The average Bonchev–Trinajstić information content (AvgIpc) is 2.95. The van der Waals surface area contributed by atoms with Crippen molar-refractivity contribution >= 4 is 45.5 Å². The van der Waals surface area contributed by atoms with Gasteiger partial charge in [-0.2, -0.15) is 5.10 Å². The first kappa shape index (κ1) is 25.0. The van der Waals surface area contributed by atoms with Crippen molar-refractivity contribution in [3.63, 3.8) is 0 Å². The Labute approximate surface area is 223 Å². The number of hydrogen-bond acceptors (Lipinski definition) is 5. The molecule has 0 fully saturated rings. The van der Waals surface area contributed by atoms with E-state index in [2.05, 4.69) is 10.5 Å². The molecule has 5 rings (SSSR count). The third kappa shape index (κ3) is 5.38. The van der Waals surface area contributed by atoms with Gasteiger partial charge >= 0.3 is 0 Å². The van der Waals surface area contributed by atoms with Gasteiger partial charge in [0.05, 0.1) is 24.4 Å². The van der Waals surface area contributed by atoms with Crippen molar-refractivity contribution in [2.45, 2.75) is 13.2 Å². The third-order valence-electron chi connectivity index (χ3n) is 6.08. The Balaban J connectivity index is 1.29. The highest BCUT2D eigenvalue weighted by atomic mass is 35.5. The number of amides is 1. The Kier molecular flexibility index (Phi) is 7.38. The Morgan fingerprint density at radius 1 is 0.921 bits per heavy atom. The van der Waals surface area contributed by atoms with Crippen LogP contribution in [-0.2, 0) is 17.9 Å². The Morgan fingerprint density at radius 3 is 2.24 bits per heavy atom. The number of carbonyl (C=O) groups is 1. The van der Waals surface area contributed by atoms with Crippen molar-refractivity contribution in [2.75, 3.05) is 7.11 Å². The molecule has 5 aromatic rings. The number of rotatable bonds is 8. The van der Waals surface area contributed by atoms with Crippen molar-refractivity contribution in [1.82, 2.24) is 9.99 Å². The van der Waals surface area contributed by atoms with E-state index in [1.54, 1.807) is 31.4 Å². The lowest BCUT2D eigenvalue weighted by atomic mass is 10.1. The number of nitrogens with one attached hydrogen (secondary N) is 1. The molecule has 0 aliphatic heterocycles. The van der Waals surface area contributed by atoms with Crippen LogP contribution in [0.1, 0.15) is 11.1 Å². The van der Waals surface area contributed by atoms with Crippen LogP contribution in [0.4, 0.5) is 0 Å². The van der Waals surface area contributed by atoms with Gasteiger partial charge in [0.25, 0.3) is 5.91 Å². The molecule has 4 aromatic carbocycles. The number of benzene rings is 4. The molecular formula is C30H24ClN3O4. The van der Waals surface area contributed by atoms with Crippen molar-refractivity contribution < 1.29 is 14.3 Å². The number of para-hydroxylation sites is 2. The molecule has 0 aliphatic rings. The van der Waals surface area contributed by atoms with Crippen LogP contribution in [0.5, 0.6) is 11.5 Å². The summed E-state index contributed by atoms with van der Waals surface area (Å²) >= 11 is 5.94. The largest absolute Gasteiger partial charge is 0.493 e. The molecule has 1 N–H and O–H groups in total. The van der Waals surface area contributed by atoms with Gasteiger partial charge < -0.3 is 14.0 Å². The minimum absolute atomic E-state index is 0.000552. The highest BCUT2D eigenvalue weighted by Gasteiger charge is 2.12. The molecule has 1 heterocycles. The first-order valence-corrected chi connectivity index (χ1v) is 12.3. The molecule has 0 unspecified atom stereocenters. The SMILES string of the molecule is COc1cc(/C=N\NC(=O)Cn2c3ccccc3c(=O)c3ccccc32)ccc1OCc1ccc(Cl)cc1. The van der Waals surface area contributed by atoms with E-state index in [9.17, 15) is 9.59 Å². The molecule has 0 saturated carbocycles. The zero-order valence-corrected chi connectivity index (χ0v) is 21.3. The lowest BCUT2D eigenvalue weighted by Crippen LogP contribution is -2.25. The smallest absolute Gasteiger partial charge is 0.260 e. The Bertz CT molecular complexity index is 1650. The molecular weight excluding hydrogens is 502 g/mol. The van der Waals surface area contributed by atoms with E-state index in [1.807, 2.05) is 71.3 Å². The molecule has 8 heteroatoms. The van der Waals surface area contributed by atoms with Crippen LogP contribution in [0.3, 0.4) is 0 Å². The van der Waals surface area contributed by atoms with Gasteiger partial charge in [0.1, 0.15) is 13.2 Å². The van der Waals surface area contributed by atoms with E-state index in [1.165, 1.54) is 6.21 Å². The number of pyridine rings is 1. The van der Waals surface area contributed by atoms with Gasteiger partial charge in [-0.25, -0.2) is 5.43 Å². The normalized spacial score (nSPS) is 11.2. The van der Waals surface area contributed by atoms with Crippen molar-refractivity contribution in [1.29, 1.82) is 0 Å². The highest BCUT2D eigenvalue weighted by Crippen LogP contribution is 2.28. The summed E-state index contributed by atoms with van der Waals surface area (Å²) in [7, 11) is 1.56. The summed E-state index contributed by atoms with van der Waals surface area (Å²) in [5.41, 5.74) is 5.60. The number of hydrogen-bond donors (Lipinski definition) is 1. The van der Waals surface area contributed by atoms with Gasteiger partial charge in [-0.3, -0.25) is 9.59 Å². The molecule has 0 spiro atoms. The fourth-order valence-electron chi connectivity index (χ4n) is 4.23. The summed E-state index contributed by atoms with van der Waals surface area (Å²) in [6, 6.07) is 27.3. The van der Waals surface area contributed by atoms with Crippen LogP contribution < -0.4 is 20.3 Å². The standard InChI is InChI=1S/C30H24ClN3O4/c1-37-28-16-21(12-15-27(28)38-19-20-10-13-22(31)14-11-20)17-32-33-29(35)18-34-25-8-4-2-6-23(25)30(36)24-7-3-5-9-26(24)34/h2-17H,18-19H2,1H3,(H,33,35)/b32-17-. The first-order valence-electron chi connectivity index (χ1n) is 11.9. The van der Waals surface area contributed by atoms with Gasteiger partial charge in [0.15, 0.2) is 16.9 Å². The average molecular weight is 526 g/mol. The van der Waals surface area contributed by atoms with Crippen LogP contribution in [0, 0.1) is 0 Å². The summed E-state index contributed by atoms with van der Waals surface area (Å²) in [4.78, 5) is 25.7. The van der Waals surface area contributed by atoms with Crippen LogP contribution in [0.15, 0.2) is 101 Å². The van der Waals surface area contributed by atoms with Crippen LogP contribution in [0.25, 0.3) is 21.8 Å². The summed E-state index contributed by atoms with van der Waals surface area (Å²) < 4.78 is 13.2. The number of hydrazone groups is 1. The van der Waals surface area contributed by atoms with E-state index in [-0.39, 0.29) is 17.9 Å². The van der Waals surface area contributed by atoms with Gasteiger partial charge in [-0.15, -0.1) is 0 Å². The topological polar surface area (TPSA) is 81.9 Å². The molecule has 1 aromatic heterocycles. The highest BCUT2D eigenvalue weighted by molar-refractivity contribution is 6.30. The number of methoxy groups -OCH3 is 1. The number of aromatic nitrogens is 1. The fourth-order valence-corrected chi connectivity index (χ4v) is 4.36. The second kappa shape index (κ2) is 11.2. The predicted octanol–water partition coefficient (Wildman–Crippen LogP) is 5.55. The first-order chi connectivity index (χ1) is 18.5. The molecule has 0 saturated heterocycles. The zero-order chi connectivity index (χ0) is 26.5. The second-order valence-electron chi connectivity index (χ2n) is 8.57. The fraction of sp³-hybridized carbons (Fsp3) is 0.100. The third-order valence-corrected chi connectivity index (χ3v) is 6.33. The molecule has 0 bridgehead atoms. The maximum Gasteiger partial charge on any atom is 0.260 e. The predicted molar refractivity (Wildman–Crippen MR) is 150 cm³/mol. The number of fused-ring (bicyclic) bond motifs is 2. The molecule has 1 amide bonds. The second-order valence-corrected chi connectivity index (χ2v) is 9.00. The number of halogens is 1. The van der Waals surface area contributed by atoms with Crippen molar-refractivity contribution in [3.8, 4) is 11.5 Å². The zero-order valence-electron chi connectivity index (χ0n) is 20.6. The van der Waals surface area contributed by atoms with Crippen LogP contribution in [-0.4, -0.2) is 23.8 Å². The monoisotopic (exact) mass is 525 g/mol. The maximum atomic E-state index is 12.9. The van der Waals surface area contributed by atoms with E-state index < -0.39 is 0 Å². The van der Waals surface area contributed by atoms with Gasteiger partial charge in [-0.1, -0.05) is 48.0 Å². The van der Waals surface area contributed by atoms with Gasteiger partial charge in [0.2, 0.25) is 0 Å². The summed E-state index contributed by atoms with van der Waals surface area (Å²) in [6.45, 7) is 0.366. The number of ether oxygens (including phenoxy) is 2. The van der Waals surface area contributed by atoms with E-state index >= 15 is 0 Å². The molecule has 0 radical (unpaired) electrons. The lowest BCUT2D eigenvalue weighted by molar-refractivity contribution is -0.121. The van der Waals surface area contributed by atoms with Crippen LogP contribution in [0.2, 0.25) is 5.02 Å².